The molecule has 0 spiro atoms. The Hall–Kier alpha value is -3.25. The van der Waals surface area contributed by atoms with Crippen LogP contribution in [0.5, 0.6) is 0 Å². The number of carboxylic acid groups (broad SMARTS) is 2. The largest absolute Gasteiger partial charge is 0.503 e. The molecule has 36 heavy (non-hydrogen) atoms. The van der Waals surface area contributed by atoms with Crippen LogP contribution in [0.15, 0.2) is 36.7 Å². The highest BCUT2D eigenvalue weighted by molar-refractivity contribution is 7.15. The minimum atomic E-state index is -4.54. The Labute approximate surface area is 209 Å². The van der Waals surface area contributed by atoms with Gasteiger partial charge in [0.15, 0.2) is 0 Å². The van der Waals surface area contributed by atoms with E-state index in [0.717, 1.165) is 41.1 Å². The summed E-state index contributed by atoms with van der Waals surface area (Å²) in [7, 11) is 0. The number of anilines is 2. The van der Waals surface area contributed by atoms with Crippen molar-refractivity contribution in [2.75, 3.05) is 5.32 Å². The van der Waals surface area contributed by atoms with Crippen molar-refractivity contribution < 1.29 is 33.3 Å². The summed E-state index contributed by atoms with van der Waals surface area (Å²) < 4.78 is 38.8. The zero-order valence-electron chi connectivity index (χ0n) is 19.9. The molecule has 4 N–H and O–H groups in total. The highest BCUT2D eigenvalue weighted by Crippen LogP contribution is 2.48. The van der Waals surface area contributed by atoms with Crippen LogP contribution in [0, 0.1) is 12.3 Å². The van der Waals surface area contributed by atoms with Crippen molar-refractivity contribution in [3.05, 3.63) is 52.9 Å². The smallest absolute Gasteiger partial charge is 0.450 e. The van der Waals surface area contributed by atoms with Crippen LogP contribution < -0.4 is 5.32 Å². The number of alkyl halides is 3. The fourth-order valence-electron chi connectivity index (χ4n) is 4.34. The molecule has 4 rings (SSSR count). The van der Waals surface area contributed by atoms with E-state index in [1.807, 2.05) is 25.1 Å². The average Bonchev–Trinajstić information content (AvgIpc) is 3.23. The predicted molar refractivity (Wildman–Crippen MR) is 129 cm³/mol. The average molecular weight is 525 g/mol. The molecule has 8 nitrogen and oxygen atoms in total. The van der Waals surface area contributed by atoms with Crippen LogP contribution in [0.2, 0.25) is 0 Å². The van der Waals surface area contributed by atoms with Crippen LogP contribution in [-0.4, -0.2) is 36.4 Å². The van der Waals surface area contributed by atoms with Crippen molar-refractivity contribution >= 4 is 29.1 Å². The molecule has 1 aliphatic rings. The van der Waals surface area contributed by atoms with Gasteiger partial charge >= 0.3 is 12.3 Å². The molecule has 194 valence electrons. The van der Waals surface area contributed by atoms with Crippen molar-refractivity contribution in [1.29, 1.82) is 0 Å². The molecule has 0 amide bonds. The summed E-state index contributed by atoms with van der Waals surface area (Å²) in [6, 6.07) is 6.45. The molecule has 3 aromatic rings. The molecule has 1 fully saturated rings. The van der Waals surface area contributed by atoms with Crippen LogP contribution in [0.1, 0.15) is 55.8 Å². The fourth-order valence-corrected chi connectivity index (χ4v) is 5.36. The number of benzene rings is 1. The Bertz CT molecular complexity index is 1230. The van der Waals surface area contributed by atoms with Gasteiger partial charge in [0.1, 0.15) is 16.3 Å². The number of halogens is 3. The predicted octanol–water partition coefficient (Wildman–Crippen LogP) is 6.68. The number of nitrogens with zero attached hydrogens (tertiary/aromatic N) is 3. The van der Waals surface area contributed by atoms with Gasteiger partial charge in [-0.3, -0.25) is 0 Å². The van der Waals surface area contributed by atoms with E-state index < -0.39 is 23.6 Å². The zero-order valence-corrected chi connectivity index (χ0v) is 20.7. The lowest BCUT2D eigenvalue weighted by molar-refractivity contribution is -0.141. The number of thiazole rings is 1. The number of aromatic nitrogens is 3. The third-order valence-corrected chi connectivity index (χ3v) is 6.92. The number of nitrogens with one attached hydrogen (secondary N) is 1. The Balaban J connectivity index is 0.000000840. The molecule has 12 heteroatoms. The Morgan fingerprint density at radius 3 is 2.47 bits per heavy atom. The summed E-state index contributed by atoms with van der Waals surface area (Å²) in [6.07, 6.45) is -0.150. The first-order chi connectivity index (χ1) is 16.7. The number of hydrogen-bond acceptors (Lipinski definition) is 7. The summed E-state index contributed by atoms with van der Waals surface area (Å²) in [5.41, 5.74) is 0.489. The number of rotatable bonds is 4. The number of carbonyl (C=O) groups is 1. The lowest BCUT2D eigenvalue weighted by Crippen LogP contribution is -2.36. The normalized spacial score (nSPS) is 19.2. The number of aryl methyl sites for hydroxylation is 1. The second-order valence-corrected chi connectivity index (χ2v) is 10.5. The highest BCUT2D eigenvalue weighted by atomic mass is 32.1. The minimum absolute atomic E-state index is 0.0597. The van der Waals surface area contributed by atoms with Gasteiger partial charge in [0.2, 0.25) is 5.95 Å². The third kappa shape index (κ3) is 7.14. The summed E-state index contributed by atoms with van der Waals surface area (Å²) >= 11 is 1.45. The molecule has 0 saturated heterocycles. The second-order valence-electron chi connectivity index (χ2n) is 9.51. The molecular weight excluding hydrogens is 497 g/mol. The molecule has 1 aromatic carbocycles. The molecule has 0 radical (unpaired) electrons. The Morgan fingerprint density at radius 1 is 1.14 bits per heavy atom. The van der Waals surface area contributed by atoms with Crippen molar-refractivity contribution in [2.24, 2.45) is 5.41 Å². The third-order valence-electron chi connectivity index (χ3n) is 5.68. The maximum atomic E-state index is 12.9. The molecule has 0 bridgehead atoms. The van der Waals surface area contributed by atoms with Gasteiger partial charge in [-0.1, -0.05) is 19.9 Å². The van der Waals surface area contributed by atoms with E-state index in [9.17, 15) is 18.3 Å². The van der Waals surface area contributed by atoms with Crippen LogP contribution in [0.4, 0.5) is 29.6 Å². The topological polar surface area (TPSA) is 128 Å². The van der Waals surface area contributed by atoms with E-state index in [2.05, 4.69) is 34.1 Å². The van der Waals surface area contributed by atoms with Gasteiger partial charge in [0.05, 0.1) is 4.88 Å². The van der Waals surface area contributed by atoms with Gasteiger partial charge in [-0.15, -0.1) is 11.3 Å². The van der Waals surface area contributed by atoms with Crippen LogP contribution in [-0.2, 0) is 11.8 Å². The fraction of sp³-hybridized carbons (Fsp3) is 0.417. The standard InChI is InChI=1S/C23H25F3N4OS.CH2O3/c1-14-9-15(11-16(10-14)29-20-27-8-5-18(30-20)23(24,25)26)17-12-28-19(32-17)22(31)7-4-6-21(2,3)13-22;2-1(3)4/h5,8-12,31H,4,6-7,13H2,1-3H3,(H,27,29,30);(H2,2,3,4)/t22-;/m1./s1. The first-order valence-electron chi connectivity index (χ1n) is 11.1. The molecule has 0 unspecified atom stereocenters. The summed E-state index contributed by atoms with van der Waals surface area (Å²) in [5, 5.41) is 28.8. The van der Waals surface area contributed by atoms with Crippen molar-refractivity contribution in [1.82, 2.24) is 15.0 Å². The molecule has 1 aliphatic carbocycles. The summed E-state index contributed by atoms with van der Waals surface area (Å²) in [5.74, 6) is -0.125. The van der Waals surface area contributed by atoms with Gasteiger partial charge in [0, 0.05) is 18.1 Å². The van der Waals surface area contributed by atoms with Gasteiger partial charge < -0.3 is 20.6 Å². The summed E-state index contributed by atoms with van der Waals surface area (Å²) in [4.78, 5) is 21.4. The lowest BCUT2D eigenvalue weighted by Gasteiger charge is -2.40. The first-order valence-corrected chi connectivity index (χ1v) is 11.9. The second kappa shape index (κ2) is 10.4. The molecule has 2 heterocycles. The maximum absolute atomic E-state index is 12.9. The van der Waals surface area contributed by atoms with Gasteiger partial charge in [-0.05, 0) is 67.3 Å². The molecule has 1 saturated carbocycles. The molecule has 1 atom stereocenters. The lowest BCUT2D eigenvalue weighted by atomic mass is 9.70. The number of hydrogen-bond donors (Lipinski definition) is 4. The van der Waals surface area contributed by atoms with Gasteiger partial charge in [-0.2, -0.15) is 13.2 Å². The van der Waals surface area contributed by atoms with E-state index in [4.69, 9.17) is 15.0 Å². The van der Waals surface area contributed by atoms with E-state index in [0.29, 0.717) is 23.5 Å². The van der Waals surface area contributed by atoms with Crippen LogP contribution >= 0.6 is 11.3 Å². The molecular formula is C24H27F3N4O4S. The van der Waals surface area contributed by atoms with E-state index in [-0.39, 0.29) is 11.4 Å². The first kappa shape index (κ1) is 27.3. The molecule has 2 aromatic heterocycles. The van der Waals surface area contributed by atoms with E-state index in [1.165, 1.54) is 11.3 Å². The SMILES string of the molecule is Cc1cc(Nc2nccc(C(F)(F)F)n2)cc(-c2cnc([C@@]3(O)CCCC(C)(C)C3)s2)c1.O=C(O)O. The molecule has 0 aliphatic heterocycles. The van der Waals surface area contributed by atoms with E-state index >= 15 is 0 Å². The Morgan fingerprint density at radius 2 is 1.83 bits per heavy atom. The van der Waals surface area contributed by atoms with Crippen molar-refractivity contribution in [3.8, 4) is 10.4 Å². The highest BCUT2D eigenvalue weighted by Gasteiger charge is 2.41. The number of aliphatic hydroxyl groups is 1. The Kier molecular flexibility index (Phi) is 7.89. The van der Waals surface area contributed by atoms with Crippen LogP contribution in [0.3, 0.4) is 0 Å². The minimum Gasteiger partial charge on any atom is -0.450 e. The quantitative estimate of drug-likeness (QED) is 0.297. The summed E-state index contributed by atoms with van der Waals surface area (Å²) in [6.45, 7) is 6.24. The zero-order chi connectivity index (χ0) is 26.7. The van der Waals surface area contributed by atoms with E-state index in [1.54, 1.807) is 6.20 Å². The van der Waals surface area contributed by atoms with Crippen molar-refractivity contribution in [3.63, 3.8) is 0 Å². The van der Waals surface area contributed by atoms with Crippen molar-refractivity contribution in [2.45, 2.75) is 58.2 Å². The van der Waals surface area contributed by atoms with Gasteiger partial charge in [0.25, 0.3) is 0 Å². The van der Waals surface area contributed by atoms with Gasteiger partial charge in [-0.25, -0.2) is 19.7 Å². The monoisotopic (exact) mass is 524 g/mol. The maximum Gasteiger partial charge on any atom is 0.503 e. The van der Waals surface area contributed by atoms with Crippen LogP contribution in [0.25, 0.3) is 10.4 Å².